The van der Waals surface area contributed by atoms with E-state index < -0.39 is 0 Å². The zero-order valence-corrected chi connectivity index (χ0v) is 12.6. The Kier molecular flexibility index (Phi) is 4.65. The van der Waals surface area contributed by atoms with Crippen molar-refractivity contribution in [2.75, 3.05) is 12.4 Å². The van der Waals surface area contributed by atoms with Gasteiger partial charge in [-0.05, 0) is 25.0 Å². The molecule has 0 saturated carbocycles. The third-order valence-corrected chi connectivity index (χ3v) is 4.10. The Morgan fingerprint density at radius 3 is 2.35 bits per heavy atom. The molecular formula is C16H18O3S. The number of carbonyl (C=O) groups excluding carboxylic acids is 2. The van der Waals surface area contributed by atoms with Crippen molar-refractivity contribution >= 4 is 24.2 Å². The van der Waals surface area contributed by atoms with E-state index in [0.717, 1.165) is 12.2 Å². The normalized spacial score (nSPS) is 16.1. The highest BCUT2D eigenvalue weighted by molar-refractivity contribution is 7.80. The van der Waals surface area contributed by atoms with E-state index in [9.17, 15) is 9.59 Å². The number of carbonyl (C=O) groups is 2. The maximum absolute atomic E-state index is 12.4. The average molecular weight is 290 g/mol. The molecule has 106 valence electrons. The topological polar surface area (TPSA) is 43.4 Å². The molecule has 20 heavy (non-hydrogen) atoms. The van der Waals surface area contributed by atoms with Crippen LogP contribution in [-0.2, 0) is 4.74 Å². The third kappa shape index (κ3) is 2.80. The number of thiol groups is 1. The van der Waals surface area contributed by atoms with E-state index >= 15 is 0 Å². The van der Waals surface area contributed by atoms with E-state index in [2.05, 4.69) is 19.6 Å². The van der Waals surface area contributed by atoms with Crippen molar-refractivity contribution in [1.82, 2.24) is 0 Å². The minimum Gasteiger partial charge on any atom is -0.489 e. The largest absolute Gasteiger partial charge is 0.489 e. The van der Waals surface area contributed by atoms with Gasteiger partial charge >= 0.3 is 0 Å². The summed E-state index contributed by atoms with van der Waals surface area (Å²) in [5.74, 6) is 1.06. The summed E-state index contributed by atoms with van der Waals surface area (Å²) in [6, 6.07) is 6.86. The zero-order chi connectivity index (χ0) is 14.7. The van der Waals surface area contributed by atoms with Crippen LogP contribution in [0.2, 0.25) is 0 Å². The summed E-state index contributed by atoms with van der Waals surface area (Å²) in [7, 11) is 0. The number of ether oxygens (including phenoxy) is 1. The lowest BCUT2D eigenvalue weighted by Gasteiger charge is -2.19. The van der Waals surface area contributed by atoms with Gasteiger partial charge in [-0.15, -0.1) is 0 Å². The molecule has 1 aliphatic carbocycles. The Labute approximate surface area is 124 Å². The van der Waals surface area contributed by atoms with Gasteiger partial charge in [-0.2, -0.15) is 12.6 Å². The number of fused-ring (bicyclic) bond motifs is 1. The summed E-state index contributed by atoms with van der Waals surface area (Å²) >= 11 is 4.21. The van der Waals surface area contributed by atoms with Crippen LogP contribution in [0.3, 0.4) is 0 Å². The van der Waals surface area contributed by atoms with Crippen molar-refractivity contribution in [3.8, 4) is 0 Å². The Morgan fingerprint density at radius 2 is 1.75 bits per heavy atom. The first-order chi connectivity index (χ1) is 9.56. The second-order valence-corrected chi connectivity index (χ2v) is 5.45. The summed E-state index contributed by atoms with van der Waals surface area (Å²) in [5, 5.41) is 0. The van der Waals surface area contributed by atoms with Gasteiger partial charge in [0, 0.05) is 16.7 Å². The zero-order valence-electron chi connectivity index (χ0n) is 11.7. The van der Waals surface area contributed by atoms with Crippen LogP contribution in [0.25, 0.3) is 0 Å². The molecule has 0 N–H and O–H groups in total. The molecular weight excluding hydrogens is 272 g/mol. The Hall–Kier alpha value is -1.55. The smallest absolute Gasteiger partial charge is 0.228 e. The summed E-state index contributed by atoms with van der Waals surface area (Å²) < 4.78 is 5.58. The molecule has 1 aliphatic rings. The molecule has 1 aromatic rings. The molecule has 3 nitrogen and oxygen atoms in total. The minimum atomic E-state index is -0.198. The fourth-order valence-corrected chi connectivity index (χ4v) is 2.29. The Balaban J connectivity index is 2.19. The number of rotatable bonds is 5. The molecule has 0 heterocycles. The predicted octanol–water partition coefficient (Wildman–Crippen LogP) is 3.31. The lowest BCUT2D eigenvalue weighted by molar-refractivity contribution is 0.0863. The molecule has 0 amide bonds. The highest BCUT2D eigenvalue weighted by Crippen LogP contribution is 2.26. The average Bonchev–Trinajstić information content (AvgIpc) is 2.48. The second-order valence-electron chi connectivity index (χ2n) is 5.08. The summed E-state index contributed by atoms with van der Waals surface area (Å²) in [6.45, 7) is 4.14. The van der Waals surface area contributed by atoms with Crippen LogP contribution in [0.4, 0.5) is 0 Å². The monoisotopic (exact) mass is 290 g/mol. The Morgan fingerprint density at radius 1 is 1.15 bits per heavy atom. The SMILES string of the molecule is CC1=C(OCCC(C)CS)C(=O)c2ccccc2C1=O. The number of hydrogen-bond acceptors (Lipinski definition) is 4. The van der Waals surface area contributed by atoms with E-state index in [1.165, 1.54) is 0 Å². The van der Waals surface area contributed by atoms with Gasteiger partial charge in [-0.3, -0.25) is 9.59 Å². The molecule has 0 bridgehead atoms. The van der Waals surface area contributed by atoms with Crippen molar-refractivity contribution in [3.05, 3.63) is 46.7 Å². The summed E-state index contributed by atoms with van der Waals surface area (Å²) in [5.41, 5.74) is 1.29. The predicted molar refractivity (Wildman–Crippen MR) is 81.4 cm³/mol. The molecule has 4 heteroatoms. The molecule has 0 aromatic heterocycles. The second kappa shape index (κ2) is 6.27. The maximum Gasteiger partial charge on any atom is 0.228 e. The molecule has 1 unspecified atom stereocenters. The quantitative estimate of drug-likeness (QED) is 0.846. The number of allylic oxidation sites excluding steroid dienone is 2. The van der Waals surface area contributed by atoms with Crippen molar-refractivity contribution in [2.45, 2.75) is 20.3 Å². The van der Waals surface area contributed by atoms with E-state index in [1.54, 1.807) is 31.2 Å². The van der Waals surface area contributed by atoms with Gasteiger partial charge < -0.3 is 4.74 Å². The van der Waals surface area contributed by atoms with E-state index in [4.69, 9.17) is 4.74 Å². The van der Waals surface area contributed by atoms with Crippen LogP contribution in [0.1, 0.15) is 41.0 Å². The number of hydrogen-bond donors (Lipinski definition) is 1. The molecule has 1 aromatic carbocycles. The first-order valence-electron chi connectivity index (χ1n) is 6.69. The lowest BCUT2D eigenvalue weighted by Crippen LogP contribution is -2.23. The molecule has 0 aliphatic heterocycles. The molecule has 1 atom stereocenters. The van der Waals surface area contributed by atoms with Crippen molar-refractivity contribution < 1.29 is 14.3 Å². The standard InChI is InChI=1S/C16H18O3S/c1-10(9-20)7-8-19-16-11(2)14(17)12-5-3-4-6-13(12)15(16)18/h3-6,10,20H,7-9H2,1-2H3. The van der Waals surface area contributed by atoms with Gasteiger partial charge in [0.05, 0.1) is 6.61 Å². The number of Topliss-reactive ketones (excluding diaryl/α,β-unsaturated/α-hetero) is 2. The van der Waals surface area contributed by atoms with Gasteiger partial charge in [0.2, 0.25) is 5.78 Å². The summed E-state index contributed by atoms with van der Waals surface area (Å²) in [6.07, 6.45) is 0.809. The van der Waals surface area contributed by atoms with E-state index in [1.807, 2.05) is 0 Å². The van der Waals surface area contributed by atoms with E-state index in [0.29, 0.717) is 29.2 Å². The first kappa shape index (κ1) is 14.9. The third-order valence-electron chi connectivity index (χ3n) is 3.47. The van der Waals surface area contributed by atoms with Gasteiger partial charge in [0.25, 0.3) is 0 Å². The fourth-order valence-electron chi connectivity index (χ4n) is 2.10. The lowest BCUT2D eigenvalue weighted by atomic mass is 9.89. The number of benzene rings is 1. The first-order valence-corrected chi connectivity index (χ1v) is 7.32. The molecule has 0 saturated heterocycles. The minimum absolute atomic E-state index is 0.127. The van der Waals surface area contributed by atoms with Gasteiger partial charge in [0.15, 0.2) is 11.5 Å². The van der Waals surface area contributed by atoms with Crippen LogP contribution < -0.4 is 0 Å². The highest BCUT2D eigenvalue weighted by atomic mass is 32.1. The Bertz CT molecular complexity index is 575. The van der Waals surface area contributed by atoms with Crippen LogP contribution >= 0.6 is 12.6 Å². The highest BCUT2D eigenvalue weighted by Gasteiger charge is 2.30. The van der Waals surface area contributed by atoms with Gasteiger partial charge in [-0.25, -0.2) is 0 Å². The van der Waals surface area contributed by atoms with Crippen LogP contribution in [0.5, 0.6) is 0 Å². The maximum atomic E-state index is 12.4. The van der Waals surface area contributed by atoms with Crippen LogP contribution in [0, 0.1) is 5.92 Å². The van der Waals surface area contributed by atoms with Crippen molar-refractivity contribution in [3.63, 3.8) is 0 Å². The molecule has 0 fully saturated rings. The van der Waals surface area contributed by atoms with Gasteiger partial charge in [-0.1, -0.05) is 31.2 Å². The number of ketones is 2. The summed E-state index contributed by atoms with van der Waals surface area (Å²) in [4.78, 5) is 24.6. The van der Waals surface area contributed by atoms with Gasteiger partial charge in [0.1, 0.15) is 0 Å². The van der Waals surface area contributed by atoms with E-state index in [-0.39, 0.29) is 17.3 Å². The van der Waals surface area contributed by atoms with Crippen molar-refractivity contribution in [2.24, 2.45) is 5.92 Å². The molecule has 2 rings (SSSR count). The molecule has 0 spiro atoms. The fraction of sp³-hybridized carbons (Fsp3) is 0.375. The van der Waals surface area contributed by atoms with Crippen LogP contribution in [-0.4, -0.2) is 23.9 Å². The molecule has 0 radical (unpaired) electrons. The van der Waals surface area contributed by atoms with Crippen LogP contribution in [0.15, 0.2) is 35.6 Å². The van der Waals surface area contributed by atoms with Crippen molar-refractivity contribution in [1.29, 1.82) is 0 Å².